The normalized spacial score (nSPS) is 21.7. The van der Waals surface area contributed by atoms with Crippen molar-refractivity contribution < 1.29 is 23.7 Å². The SMILES string of the molecule is COc1cc2c(c3oc4cccc(O)c4c(=O)c13)C1CCOC1O2. The summed E-state index contributed by atoms with van der Waals surface area (Å²) in [7, 11) is 1.49. The maximum atomic E-state index is 13.0. The van der Waals surface area contributed by atoms with Gasteiger partial charge in [0.1, 0.15) is 39.2 Å². The smallest absolute Gasteiger partial charge is 0.208 e. The number of rotatable bonds is 1. The van der Waals surface area contributed by atoms with Gasteiger partial charge in [0.25, 0.3) is 0 Å². The highest BCUT2D eigenvalue weighted by atomic mass is 16.7. The van der Waals surface area contributed by atoms with Crippen LogP contribution in [0.4, 0.5) is 0 Å². The van der Waals surface area contributed by atoms with E-state index in [0.29, 0.717) is 34.7 Å². The van der Waals surface area contributed by atoms with Gasteiger partial charge in [-0.1, -0.05) is 6.07 Å². The monoisotopic (exact) mass is 326 g/mol. The van der Waals surface area contributed by atoms with Crippen LogP contribution in [0.15, 0.2) is 33.5 Å². The van der Waals surface area contributed by atoms with Crippen LogP contribution in [0, 0.1) is 0 Å². The van der Waals surface area contributed by atoms with Gasteiger partial charge in [-0.3, -0.25) is 4.79 Å². The van der Waals surface area contributed by atoms with Gasteiger partial charge in [0, 0.05) is 11.6 Å². The molecule has 1 saturated heterocycles. The first-order valence-corrected chi connectivity index (χ1v) is 7.76. The summed E-state index contributed by atoms with van der Waals surface area (Å²) in [5.74, 6) is 0.912. The second-order valence-corrected chi connectivity index (χ2v) is 6.03. The summed E-state index contributed by atoms with van der Waals surface area (Å²) in [6, 6.07) is 6.47. The third-order valence-electron chi connectivity index (χ3n) is 4.79. The number of methoxy groups -OCH3 is 1. The van der Waals surface area contributed by atoms with E-state index in [4.69, 9.17) is 18.6 Å². The molecule has 2 aliphatic rings. The van der Waals surface area contributed by atoms with Crippen LogP contribution >= 0.6 is 0 Å². The van der Waals surface area contributed by atoms with E-state index >= 15 is 0 Å². The Labute approximate surface area is 136 Å². The predicted octanol–water partition coefficient (Wildman–Crippen LogP) is 2.88. The Hall–Kier alpha value is -2.73. The lowest BCUT2D eigenvalue weighted by Gasteiger charge is -2.11. The van der Waals surface area contributed by atoms with Crippen molar-refractivity contribution in [1.29, 1.82) is 0 Å². The fourth-order valence-electron chi connectivity index (χ4n) is 3.71. The third kappa shape index (κ3) is 1.61. The van der Waals surface area contributed by atoms with Crippen LogP contribution in [0.2, 0.25) is 0 Å². The zero-order valence-electron chi connectivity index (χ0n) is 12.9. The van der Waals surface area contributed by atoms with Crippen molar-refractivity contribution >= 4 is 21.9 Å². The molecule has 122 valence electrons. The lowest BCUT2D eigenvalue weighted by atomic mass is 9.95. The van der Waals surface area contributed by atoms with Crippen LogP contribution in [-0.2, 0) is 4.74 Å². The van der Waals surface area contributed by atoms with Gasteiger partial charge in [0.2, 0.25) is 11.7 Å². The molecular formula is C18H14O6. The van der Waals surface area contributed by atoms with Gasteiger partial charge in [0.05, 0.1) is 19.6 Å². The number of phenols is 1. The molecule has 0 radical (unpaired) electrons. The second-order valence-electron chi connectivity index (χ2n) is 6.03. The highest BCUT2D eigenvalue weighted by Crippen LogP contribution is 2.49. The van der Waals surface area contributed by atoms with Crippen molar-refractivity contribution in [3.05, 3.63) is 40.1 Å². The van der Waals surface area contributed by atoms with Gasteiger partial charge in [-0.25, -0.2) is 0 Å². The molecule has 3 heterocycles. The van der Waals surface area contributed by atoms with Gasteiger partial charge < -0.3 is 23.7 Å². The highest BCUT2D eigenvalue weighted by Gasteiger charge is 2.42. The first-order valence-electron chi connectivity index (χ1n) is 7.76. The molecule has 0 amide bonds. The molecule has 1 N–H and O–H groups in total. The lowest BCUT2D eigenvalue weighted by molar-refractivity contribution is -0.0337. The van der Waals surface area contributed by atoms with Gasteiger partial charge in [-0.05, 0) is 18.6 Å². The van der Waals surface area contributed by atoms with E-state index in [9.17, 15) is 9.90 Å². The topological polar surface area (TPSA) is 78.1 Å². The minimum atomic E-state index is -0.347. The number of fused-ring (bicyclic) bond motifs is 6. The number of aromatic hydroxyl groups is 1. The van der Waals surface area contributed by atoms with Crippen molar-refractivity contribution in [3.63, 3.8) is 0 Å². The van der Waals surface area contributed by atoms with E-state index in [-0.39, 0.29) is 28.8 Å². The van der Waals surface area contributed by atoms with Crippen LogP contribution < -0.4 is 14.9 Å². The van der Waals surface area contributed by atoms with Crippen LogP contribution in [0.25, 0.3) is 21.9 Å². The number of hydrogen-bond acceptors (Lipinski definition) is 6. The Morgan fingerprint density at radius 3 is 3.00 bits per heavy atom. The Morgan fingerprint density at radius 1 is 1.29 bits per heavy atom. The summed E-state index contributed by atoms with van der Waals surface area (Å²) >= 11 is 0. The molecule has 2 aliphatic heterocycles. The molecule has 5 rings (SSSR count). The molecule has 0 aliphatic carbocycles. The first-order chi connectivity index (χ1) is 11.7. The van der Waals surface area contributed by atoms with Crippen molar-refractivity contribution in [3.8, 4) is 17.2 Å². The molecule has 1 fully saturated rings. The van der Waals surface area contributed by atoms with E-state index in [1.165, 1.54) is 13.2 Å². The van der Waals surface area contributed by atoms with Crippen LogP contribution in [0.3, 0.4) is 0 Å². The molecule has 0 spiro atoms. The molecule has 24 heavy (non-hydrogen) atoms. The summed E-state index contributed by atoms with van der Waals surface area (Å²) in [5.41, 5.74) is 1.32. The Bertz CT molecular complexity index is 1050. The fraction of sp³-hybridized carbons (Fsp3) is 0.278. The molecule has 2 unspecified atom stereocenters. The summed E-state index contributed by atoms with van der Waals surface area (Å²) in [5, 5.41) is 10.5. The molecule has 6 heteroatoms. The molecule has 6 nitrogen and oxygen atoms in total. The maximum absolute atomic E-state index is 13.0. The van der Waals surface area contributed by atoms with Gasteiger partial charge >= 0.3 is 0 Å². The van der Waals surface area contributed by atoms with Crippen molar-refractivity contribution in [2.24, 2.45) is 0 Å². The van der Waals surface area contributed by atoms with E-state index in [2.05, 4.69) is 0 Å². The molecule has 2 aromatic carbocycles. The van der Waals surface area contributed by atoms with Crippen molar-refractivity contribution in [1.82, 2.24) is 0 Å². The van der Waals surface area contributed by atoms with Gasteiger partial charge in [-0.15, -0.1) is 0 Å². The summed E-state index contributed by atoms with van der Waals surface area (Å²) in [4.78, 5) is 13.0. The molecule has 1 aromatic heterocycles. The summed E-state index contributed by atoms with van der Waals surface area (Å²) in [6.07, 6.45) is 0.460. The standard InChI is InChI=1S/C18H14O6/c1-21-11-7-12-13(8-5-6-22-18(8)24-12)17-15(11)16(20)14-9(19)3-2-4-10(14)23-17/h2-4,7-8,18-19H,5-6H2,1H3. The summed E-state index contributed by atoms with van der Waals surface area (Å²) in [6.45, 7) is 0.612. The van der Waals surface area contributed by atoms with Crippen molar-refractivity contribution in [2.45, 2.75) is 18.6 Å². The Morgan fingerprint density at radius 2 is 2.17 bits per heavy atom. The quantitative estimate of drug-likeness (QED) is 0.693. The second kappa shape index (κ2) is 4.64. The number of ether oxygens (including phenoxy) is 3. The molecule has 0 saturated carbocycles. The van der Waals surface area contributed by atoms with E-state index < -0.39 is 0 Å². The van der Waals surface area contributed by atoms with Crippen LogP contribution in [0.5, 0.6) is 17.2 Å². The van der Waals surface area contributed by atoms with E-state index in [1.807, 2.05) is 0 Å². The fourth-order valence-corrected chi connectivity index (χ4v) is 3.71. The average molecular weight is 326 g/mol. The van der Waals surface area contributed by atoms with E-state index in [1.54, 1.807) is 18.2 Å². The van der Waals surface area contributed by atoms with Crippen LogP contribution in [0.1, 0.15) is 17.9 Å². The molecule has 0 bridgehead atoms. The average Bonchev–Trinajstić information content (AvgIpc) is 3.14. The largest absolute Gasteiger partial charge is 0.507 e. The molecule has 3 aromatic rings. The van der Waals surface area contributed by atoms with Crippen molar-refractivity contribution in [2.75, 3.05) is 13.7 Å². The molecular weight excluding hydrogens is 312 g/mol. The van der Waals surface area contributed by atoms with E-state index in [0.717, 1.165) is 12.0 Å². The first kappa shape index (κ1) is 13.7. The zero-order chi connectivity index (χ0) is 16.4. The molecule has 2 atom stereocenters. The van der Waals surface area contributed by atoms with Gasteiger partial charge in [0.15, 0.2) is 0 Å². The maximum Gasteiger partial charge on any atom is 0.208 e. The minimum absolute atomic E-state index is 0.0336. The highest BCUT2D eigenvalue weighted by molar-refractivity contribution is 5.98. The lowest BCUT2D eigenvalue weighted by Crippen LogP contribution is -2.13. The minimum Gasteiger partial charge on any atom is -0.507 e. The zero-order valence-corrected chi connectivity index (χ0v) is 12.9. The third-order valence-corrected chi connectivity index (χ3v) is 4.79. The summed E-state index contributed by atoms with van der Waals surface area (Å²) < 4.78 is 22.8. The Kier molecular flexibility index (Phi) is 2.65. The number of phenolic OH excluding ortho intramolecular Hbond substituents is 1. The Balaban J connectivity index is 1.98. The van der Waals surface area contributed by atoms with Crippen LogP contribution in [-0.4, -0.2) is 25.1 Å². The number of hydrogen-bond donors (Lipinski definition) is 1. The van der Waals surface area contributed by atoms with Gasteiger partial charge in [-0.2, -0.15) is 0 Å². The number of benzene rings is 2. The predicted molar refractivity (Wildman–Crippen MR) is 85.9 cm³/mol.